The van der Waals surface area contributed by atoms with Gasteiger partial charge in [0.15, 0.2) is 0 Å². The Bertz CT molecular complexity index is 395. The molecule has 2 nitrogen and oxygen atoms in total. The van der Waals surface area contributed by atoms with Gasteiger partial charge in [-0.05, 0) is 53.4 Å². The highest BCUT2D eigenvalue weighted by molar-refractivity contribution is 9.10. The van der Waals surface area contributed by atoms with Gasteiger partial charge in [0.2, 0.25) is 0 Å². The second-order valence-electron chi connectivity index (χ2n) is 4.79. The highest BCUT2D eigenvalue weighted by Gasteiger charge is 2.22. The van der Waals surface area contributed by atoms with Gasteiger partial charge in [-0.25, -0.2) is 0 Å². The normalized spacial score (nSPS) is 16.6. The zero-order valence-corrected chi connectivity index (χ0v) is 12.9. The van der Waals surface area contributed by atoms with Crippen LogP contribution in [0.15, 0.2) is 22.7 Å². The van der Waals surface area contributed by atoms with Crippen LogP contribution in [0.1, 0.15) is 32.6 Å². The number of rotatable bonds is 7. The Hall–Kier alpha value is -0.250. The third-order valence-electron chi connectivity index (χ3n) is 3.01. The number of halogens is 2. The molecule has 1 N–H and O–H groups in total. The van der Waals surface area contributed by atoms with Crippen molar-refractivity contribution in [3.05, 3.63) is 27.7 Å². The van der Waals surface area contributed by atoms with E-state index in [1.54, 1.807) is 0 Å². The summed E-state index contributed by atoms with van der Waals surface area (Å²) in [5.41, 5.74) is 0. The van der Waals surface area contributed by atoms with E-state index in [-0.39, 0.29) is 6.10 Å². The van der Waals surface area contributed by atoms with Crippen molar-refractivity contribution in [1.82, 2.24) is 5.32 Å². The molecule has 0 amide bonds. The lowest BCUT2D eigenvalue weighted by Gasteiger charge is -2.20. The van der Waals surface area contributed by atoms with E-state index in [9.17, 15) is 0 Å². The predicted molar refractivity (Wildman–Crippen MR) is 79.5 cm³/mol. The summed E-state index contributed by atoms with van der Waals surface area (Å²) in [6.07, 6.45) is 5.04. The summed E-state index contributed by atoms with van der Waals surface area (Å²) in [5, 5.41) is 4.25. The quantitative estimate of drug-likeness (QED) is 0.799. The average Bonchev–Trinajstić information content (AvgIpc) is 3.13. The number of hydrogen-bond acceptors (Lipinski definition) is 2. The lowest BCUT2D eigenvalue weighted by atomic mass is 10.2. The molecule has 1 aliphatic rings. The smallest absolute Gasteiger partial charge is 0.134 e. The lowest BCUT2D eigenvalue weighted by molar-refractivity contribution is 0.185. The van der Waals surface area contributed by atoms with Crippen molar-refractivity contribution < 1.29 is 4.74 Å². The van der Waals surface area contributed by atoms with Crippen LogP contribution < -0.4 is 10.1 Å². The minimum absolute atomic E-state index is 0.230. The van der Waals surface area contributed by atoms with Gasteiger partial charge >= 0.3 is 0 Å². The van der Waals surface area contributed by atoms with Gasteiger partial charge in [0.1, 0.15) is 11.9 Å². The maximum Gasteiger partial charge on any atom is 0.134 e. The van der Waals surface area contributed by atoms with Crippen LogP contribution in [0.5, 0.6) is 5.75 Å². The molecule has 0 saturated heterocycles. The van der Waals surface area contributed by atoms with E-state index >= 15 is 0 Å². The summed E-state index contributed by atoms with van der Waals surface area (Å²) in [7, 11) is 0. The molecule has 0 radical (unpaired) electrons. The molecule has 0 aromatic heterocycles. The van der Waals surface area contributed by atoms with Crippen molar-refractivity contribution in [2.24, 2.45) is 0 Å². The van der Waals surface area contributed by atoms with Crippen molar-refractivity contribution in [2.45, 2.75) is 44.8 Å². The van der Waals surface area contributed by atoms with Crippen LogP contribution in [0.25, 0.3) is 0 Å². The van der Waals surface area contributed by atoms with Crippen LogP contribution in [-0.2, 0) is 0 Å². The van der Waals surface area contributed by atoms with Crippen molar-refractivity contribution in [1.29, 1.82) is 0 Å². The Morgan fingerprint density at radius 3 is 2.89 bits per heavy atom. The standard InChI is InChI=1S/C14H19BrClNO/c1-2-3-12(9-17-11-5-6-11)18-14-7-4-10(16)8-13(14)15/h4,7-8,11-12,17H,2-3,5-6,9H2,1H3. The van der Waals surface area contributed by atoms with Crippen LogP contribution in [0.3, 0.4) is 0 Å². The van der Waals surface area contributed by atoms with Gasteiger partial charge < -0.3 is 10.1 Å². The topological polar surface area (TPSA) is 21.3 Å². The Morgan fingerprint density at radius 1 is 1.50 bits per heavy atom. The Morgan fingerprint density at radius 2 is 2.28 bits per heavy atom. The summed E-state index contributed by atoms with van der Waals surface area (Å²) < 4.78 is 6.97. The largest absolute Gasteiger partial charge is 0.488 e. The van der Waals surface area contributed by atoms with Gasteiger partial charge in [-0.2, -0.15) is 0 Å². The third-order valence-corrected chi connectivity index (χ3v) is 3.86. The molecule has 0 spiro atoms. The molecule has 1 aromatic carbocycles. The highest BCUT2D eigenvalue weighted by Crippen LogP contribution is 2.29. The van der Waals surface area contributed by atoms with Gasteiger partial charge in [-0.15, -0.1) is 0 Å². The Labute approximate surface area is 122 Å². The van der Waals surface area contributed by atoms with Crippen LogP contribution in [0, 0.1) is 0 Å². The predicted octanol–water partition coefficient (Wildman–Crippen LogP) is 4.40. The van der Waals surface area contributed by atoms with Crippen LogP contribution in [0.4, 0.5) is 0 Å². The van der Waals surface area contributed by atoms with Gasteiger partial charge in [-0.3, -0.25) is 0 Å². The molecule has 2 rings (SSSR count). The second kappa shape index (κ2) is 6.78. The fourth-order valence-corrected chi connectivity index (χ4v) is 2.64. The van der Waals surface area contributed by atoms with E-state index < -0.39 is 0 Å². The first-order valence-corrected chi connectivity index (χ1v) is 7.71. The zero-order chi connectivity index (χ0) is 13.0. The van der Waals surface area contributed by atoms with Crippen LogP contribution >= 0.6 is 27.5 Å². The monoisotopic (exact) mass is 331 g/mol. The maximum absolute atomic E-state index is 6.05. The van der Waals surface area contributed by atoms with E-state index in [0.717, 1.165) is 40.7 Å². The van der Waals surface area contributed by atoms with E-state index in [1.165, 1.54) is 12.8 Å². The molecule has 1 unspecified atom stereocenters. The molecule has 1 fully saturated rings. The van der Waals surface area contributed by atoms with Crippen LogP contribution in [0.2, 0.25) is 5.02 Å². The summed E-state index contributed by atoms with van der Waals surface area (Å²) in [4.78, 5) is 0. The van der Waals surface area contributed by atoms with Crippen molar-refractivity contribution in [2.75, 3.05) is 6.54 Å². The molecule has 100 valence electrons. The molecular formula is C14H19BrClNO. The molecule has 4 heteroatoms. The first-order valence-electron chi connectivity index (χ1n) is 6.54. The molecule has 1 atom stereocenters. The first-order chi connectivity index (χ1) is 8.69. The van der Waals surface area contributed by atoms with Crippen molar-refractivity contribution in [3.8, 4) is 5.75 Å². The molecule has 1 saturated carbocycles. The van der Waals surface area contributed by atoms with Crippen LogP contribution in [-0.4, -0.2) is 18.7 Å². The van der Waals surface area contributed by atoms with Gasteiger partial charge in [0.25, 0.3) is 0 Å². The molecular weight excluding hydrogens is 314 g/mol. The van der Waals surface area contributed by atoms with E-state index in [0.29, 0.717) is 0 Å². The van der Waals surface area contributed by atoms with E-state index in [2.05, 4.69) is 28.2 Å². The SMILES string of the molecule is CCCC(CNC1CC1)Oc1ccc(Cl)cc1Br. The number of benzene rings is 1. The molecule has 1 aliphatic carbocycles. The molecule has 0 bridgehead atoms. The van der Waals surface area contributed by atoms with E-state index in [1.807, 2.05) is 18.2 Å². The summed E-state index contributed by atoms with van der Waals surface area (Å²) in [6, 6.07) is 6.38. The highest BCUT2D eigenvalue weighted by atomic mass is 79.9. The van der Waals surface area contributed by atoms with Gasteiger partial charge in [0.05, 0.1) is 4.47 Å². The molecule has 1 aromatic rings. The Kier molecular flexibility index (Phi) is 5.34. The zero-order valence-electron chi connectivity index (χ0n) is 10.6. The van der Waals surface area contributed by atoms with Crippen molar-refractivity contribution in [3.63, 3.8) is 0 Å². The number of nitrogens with one attached hydrogen (secondary N) is 1. The minimum Gasteiger partial charge on any atom is -0.488 e. The second-order valence-corrected chi connectivity index (χ2v) is 6.08. The fraction of sp³-hybridized carbons (Fsp3) is 0.571. The van der Waals surface area contributed by atoms with E-state index in [4.69, 9.17) is 16.3 Å². The fourth-order valence-electron chi connectivity index (χ4n) is 1.86. The lowest BCUT2D eigenvalue weighted by Crippen LogP contribution is -2.32. The Balaban J connectivity index is 1.92. The van der Waals surface area contributed by atoms with Gasteiger partial charge in [0, 0.05) is 17.6 Å². The summed E-state index contributed by atoms with van der Waals surface area (Å²) >= 11 is 9.42. The van der Waals surface area contributed by atoms with Gasteiger partial charge in [-0.1, -0.05) is 24.9 Å². The number of hydrogen-bond donors (Lipinski definition) is 1. The molecule has 18 heavy (non-hydrogen) atoms. The molecule has 0 aliphatic heterocycles. The number of ether oxygens (including phenoxy) is 1. The average molecular weight is 333 g/mol. The van der Waals surface area contributed by atoms with Crippen molar-refractivity contribution >= 4 is 27.5 Å². The third kappa shape index (κ3) is 4.45. The minimum atomic E-state index is 0.230. The summed E-state index contributed by atoms with van der Waals surface area (Å²) in [6.45, 7) is 3.11. The summed E-state index contributed by atoms with van der Waals surface area (Å²) in [5.74, 6) is 0.871. The maximum atomic E-state index is 6.05. The molecule has 0 heterocycles. The first kappa shape index (κ1) is 14.2.